The molecule has 1 heterocycles. The second kappa shape index (κ2) is 6.17. The largest absolute Gasteiger partial charge is 0.327 e. The lowest BCUT2D eigenvalue weighted by molar-refractivity contribution is 0.233. The van der Waals surface area contributed by atoms with Crippen molar-refractivity contribution >= 4 is 0 Å². The summed E-state index contributed by atoms with van der Waals surface area (Å²) in [5.74, 6) is 1.69. The molecule has 0 aromatic rings. The Morgan fingerprint density at radius 3 is 2.59 bits per heavy atom. The molecule has 2 aliphatic rings. The number of nitrogens with zero attached hydrogens (tertiary/aromatic N) is 2. The van der Waals surface area contributed by atoms with Gasteiger partial charge in [0, 0.05) is 32.2 Å². The third-order valence-electron chi connectivity index (χ3n) is 4.86. The van der Waals surface area contributed by atoms with Crippen LogP contribution in [0.25, 0.3) is 0 Å². The number of likely N-dealkylation sites (N-methyl/N-ethyl adjacent to an activating group) is 1. The maximum atomic E-state index is 6.25. The average Bonchev–Trinajstić information content (AvgIpc) is 2.75. The Hall–Kier alpha value is -0.120. The molecule has 3 unspecified atom stereocenters. The van der Waals surface area contributed by atoms with Crippen LogP contribution in [-0.4, -0.2) is 55.1 Å². The summed E-state index contributed by atoms with van der Waals surface area (Å²) in [6.07, 6.45) is 4.03. The summed E-state index contributed by atoms with van der Waals surface area (Å²) < 4.78 is 0. The predicted octanol–water partition coefficient (Wildman–Crippen LogP) is 1.39. The minimum Gasteiger partial charge on any atom is -0.327 e. The Labute approximate surface area is 106 Å². The normalized spacial score (nSPS) is 34.2. The van der Waals surface area contributed by atoms with Crippen molar-refractivity contribution in [2.75, 3.05) is 39.3 Å². The Morgan fingerprint density at radius 1 is 1.18 bits per heavy atom. The smallest absolute Gasteiger partial charge is 0.0110 e. The second-order valence-corrected chi connectivity index (χ2v) is 5.81. The van der Waals surface area contributed by atoms with E-state index in [9.17, 15) is 0 Å². The molecule has 0 aromatic carbocycles. The molecule has 2 fully saturated rings. The zero-order valence-corrected chi connectivity index (χ0v) is 11.6. The third-order valence-corrected chi connectivity index (χ3v) is 4.86. The first-order valence-electron chi connectivity index (χ1n) is 7.44. The molecule has 2 N–H and O–H groups in total. The molecule has 3 nitrogen and oxygen atoms in total. The van der Waals surface area contributed by atoms with E-state index >= 15 is 0 Å². The molecule has 0 spiro atoms. The zero-order valence-electron chi connectivity index (χ0n) is 11.6. The lowest BCUT2D eigenvalue weighted by Crippen LogP contribution is -2.38. The highest BCUT2D eigenvalue weighted by Crippen LogP contribution is 2.35. The summed E-state index contributed by atoms with van der Waals surface area (Å²) in [6, 6.07) is 0.479. The van der Waals surface area contributed by atoms with E-state index in [1.165, 1.54) is 58.5 Å². The maximum Gasteiger partial charge on any atom is 0.0110 e. The highest BCUT2D eigenvalue weighted by molar-refractivity contribution is 4.93. The van der Waals surface area contributed by atoms with Crippen LogP contribution in [0.4, 0.5) is 0 Å². The van der Waals surface area contributed by atoms with Crippen molar-refractivity contribution in [2.24, 2.45) is 17.6 Å². The third kappa shape index (κ3) is 3.21. The van der Waals surface area contributed by atoms with E-state index in [-0.39, 0.29) is 0 Å². The van der Waals surface area contributed by atoms with E-state index in [4.69, 9.17) is 5.73 Å². The van der Waals surface area contributed by atoms with E-state index in [0.717, 1.165) is 11.8 Å². The molecule has 3 atom stereocenters. The molecule has 17 heavy (non-hydrogen) atoms. The Balaban J connectivity index is 1.77. The van der Waals surface area contributed by atoms with Crippen LogP contribution in [0.15, 0.2) is 0 Å². The molecule has 100 valence electrons. The molecule has 2 rings (SSSR count). The number of nitrogens with two attached hydrogens (primary N) is 1. The van der Waals surface area contributed by atoms with Gasteiger partial charge in [-0.25, -0.2) is 0 Å². The Morgan fingerprint density at radius 2 is 1.94 bits per heavy atom. The van der Waals surface area contributed by atoms with Gasteiger partial charge < -0.3 is 15.5 Å². The highest BCUT2D eigenvalue weighted by Gasteiger charge is 2.38. The van der Waals surface area contributed by atoms with Gasteiger partial charge in [0.25, 0.3) is 0 Å². The van der Waals surface area contributed by atoms with Gasteiger partial charge in [-0.2, -0.15) is 0 Å². The lowest BCUT2D eigenvalue weighted by Gasteiger charge is -2.29. The number of likely N-dealkylation sites (tertiary alicyclic amines) is 1. The van der Waals surface area contributed by atoms with Crippen LogP contribution < -0.4 is 5.73 Å². The minimum absolute atomic E-state index is 0.479. The number of hydrogen-bond acceptors (Lipinski definition) is 3. The fourth-order valence-corrected chi connectivity index (χ4v) is 3.61. The molecule has 1 aliphatic heterocycles. The van der Waals surface area contributed by atoms with E-state index in [1.807, 2.05) is 0 Å². The average molecular weight is 239 g/mol. The molecular weight excluding hydrogens is 210 g/mol. The van der Waals surface area contributed by atoms with Crippen molar-refractivity contribution in [3.8, 4) is 0 Å². The topological polar surface area (TPSA) is 32.5 Å². The SMILES string of the molecule is CCN(CC)CCN1CC2CCCC(N)C2C1. The van der Waals surface area contributed by atoms with E-state index in [1.54, 1.807) is 0 Å². The van der Waals surface area contributed by atoms with E-state index < -0.39 is 0 Å². The summed E-state index contributed by atoms with van der Waals surface area (Å²) in [6.45, 7) is 11.9. The highest BCUT2D eigenvalue weighted by atomic mass is 15.2. The zero-order chi connectivity index (χ0) is 12.3. The van der Waals surface area contributed by atoms with Crippen LogP contribution in [0.2, 0.25) is 0 Å². The number of hydrogen-bond donors (Lipinski definition) is 1. The van der Waals surface area contributed by atoms with Crippen molar-refractivity contribution in [3.63, 3.8) is 0 Å². The quantitative estimate of drug-likeness (QED) is 0.787. The van der Waals surface area contributed by atoms with Crippen molar-refractivity contribution in [1.82, 2.24) is 9.80 Å². The van der Waals surface area contributed by atoms with Crippen LogP contribution >= 0.6 is 0 Å². The van der Waals surface area contributed by atoms with Gasteiger partial charge in [0.2, 0.25) is 0 Å². The molecule has 0 amide bonds. The standard InChI is InChI=1S/C14H29N3/c1-3-16(4-2)8-9-17-10-12-6-5-7-14(15)13(12)11-17/h12-14H,3-11,15H2,1-2H3. The number of fused-ring (bicyclic) bond motifs is 1. The first-order chi connectivity index (χ1) is 8.24. The Bertz CT molecular complexity index is 228. The van der Waals surface area contributed by atoms with Gasteiger partial charge in [-0.05, 0) is 37.8 Å². The number of rotatable bonds is 5. The summed E-state index contributed by atoms with van der Waals surface area (Å²) in [5, 5.41) is 0. The summed E-state index contributed by atoms with van der Waals surface area (Å²) >= 11 is 0. The van der Waals surface area contributed by atoms with E-state index in [0.29, 0.717) is 6.04 Å². The fourth-order valence-electron chi connectivity index (χ4n) is 3.61. The van der Waals surface area contributed by atoms with Crippen molar-refractivity contribution in [1.29, 1.82) is 0 Å². The van der Waals surface area contributed by atoms with Crippen LogP contribution in [0.1, 0.15) is 33.1 Å². The van der Waals surface area contributed by atoms with Crippen molar-refractivity contribution < 1.29 is 0 Å². The van der Waals surface area contributed by atoms with Gasteiger partial charge in [0.15, 0.2) is 0 Å². The summed E-state index contributed by atoms with van der Waals surface area (Å²) in [5.41, 5.74) is 6.25. The molecule has 1 aliphatic carbocycles. The van der Waals surface area contributed by atoms with E-state index in [2.05, 4.69) is 23.6 Å². The van der Waals surface area contributed by atoms with Crippen molar-refractivity contribution in [3.05, 3.63) is 0 Å². The second-order valence-electron chi connectivity index (χ2n) is 5.81. The minimum atomic E-state index is 0.479. The van der Waals surface area contributed by atoms with Gasteiger partial charge >= 0.3 is 0 Å². The molecule has 3 heteroatoms. The molecule has 1 saturated carbocycles. The van der Waals surface area contributed by atoms with Gasteiger partial charge in [0.1, 0.15) is 0 Å². The van der Waals surface area contributed by atoms with Gasteiger partial charge in [-0.15, -0.1) is 0 Å². The van der Waals surface area contributed by atoms with Crippen LogP contribution in [-0.2, 0) is 0 Å². The summed E-state index contributed by atoms with van der Waals surface area (Å²) in [7, 11) is 0. The fraction of sp³-hybridized carbons (Fsp3) is 1.00. The molecular formula is C14H29N3. The van der Waals surface area contributed by atoms with Gasteiger partial charge in [-0.1, -0.05) is 20.3 Å². The molecule has 0 radical (unpaired) electrons. The molecule has 0 aromatic heterocycles. The maximum absolute atomic E-state index is 6.25. The molecule has 0 bridgehead atoms. The van der Waals surface area contributed by atoms with Gasteiger partial charge in [0.05, 0.1) is 0 Å². The van der Waals surface area contributed by atoms with Crippen LogP contribution in [0, 0.1) is 11.8 Å². The Kier molecular flexibility index (Phi) is 4.83. The summed E-state index contributed by atoms with van der Waals surface area (Å²) in [4.78, 5) is 5.17. The first-order valence-corrected chi connectivity index (χ1v) is 7.44. The van der Waals surface area contributed by atoms with Gasteiger partial charge in [-0.3, -0.25) is 0 Å². The predicted molar refractivity (Wildman–Crippen MR) is 73.0 cm³/mol. The van der Waals surface area contributed by atoms with Crippen molar-refractivity contribution in [2.45, 2.75) is 39.2 Å². The first kappa shape index (κ1) is 13.3. The van der Waals surface area contributed by atoms with Crippen LogP contribution in [0.5, 0.6) is 0 Å². The van der Waals surface area contributed by atoms with Crippen LogP contribution in [0.3, 0.4) is 0 Å². The lowest BCUT2D eigenvalue weighted by atomic mass is 9.78. The monoisotopic (exact) mass is 239 g/mol. The molecule has 1 saturated heterocycles.